The smallest absolute Gasteiger partial charge is 0.254 e. The van der Waals surface area contributed by atoms with Crippen LogP contribution in [0, 0.1) is 5.92 Å². The zero-order chi connectivity index (χ0) is 24.3. The van der Waals surface area contributed by atoms with Crippen LogP contribution >= 0.6 is 0 Å². The van der Waals surface area contributed by atoms with Crippen LogP contribution in [-0.4, -0.2) is 62.3 Å². The van der Waals surface area contributed by atoms with Gasteiger partial charge >= 0.3 is 0 Å². The highest BCUT2D eigenvalue weighted by atomic mass is 19.1. The highest BCUT2D eigenvalue weighted by Crippen LogP contribution is 2.37. The molecule has 1 saturated heterocycles. The standard InChI is InChI=1S/C26H29FN6O2/c1-31-23-20(8-17(10-22(23)35-2)26(34)32-13-18(27)11-19(28)14-32)30-25(31)21-9-16-4-3-7-29-24(16)33(21)12-15-5-6-15/h3-4,7-10,15,18-19H,5-6,11-14,28H2,1-2H3/t18-,19-/m0/s1. The molecular weight excluding hydrogens is 447 g/mol. The van der Waals surface area contributed by atoms with Crippen LogP contribution in [-0.2, 0) is 13.6 Å². The van der Waals surface area contributed by atoms with Gasteiger partial charge in [-0.05, 0) is 55.5 Å². The van der Waals surface area contributed by atoms with Crippen molar-refractivity contribution in [3.05, 3.63) is 42.1 Å². The second-order valence-electron chi connectivity index (χ2n) is 9.84. The van der Waals surface area contributed by atoms with Gasteiger partial charge in [-0.15, -0.1) is 0 Å². The molecule has 1 aliphatic carbocycles. The number of hydrogen-bond acceptors (Lipinski definition) is 5. The largest absolute Gasteiger partial charge is 0.494 e. The summed E-state index contributed by atoms with van der Waals surface area (Å²) < 4.78 is 24.1. The Balaban J connectivity index is 1.46. The van der Waals surface area contributed by atoms with E-state index < -0.39 is 6.17 Å². The number of fused-ring (bicyclic) bond motifs is 2. The molecule has 2 fully saturated rings. The highest BCUT2D eigenvalue weighted by Gasteiger charge is 2.30. The molecule has 4 aromatic rings. The minimum Gasteiger partial charge on any atom is -0.494 e. The molecule has 0 unspecified atom stereocenters. The quantitative estimate of drug-likeness (QED) is 0.476. The number of halogens is 1. The molecule has 1 aromatic carbocycles. The third kappa shape index (κ3) is 3.83. The minimum absolute atomic E-state index is 0.0502. The predicted octanol–water partition coefficient (Wildman–Crippen LogP) is 3.52. The number of nitrogens with zero attached hydrogens (tertiary/aromatic N) is 5. The van der Waals surface area contributed by atoms with Gasteiger partial charge in [0.1, 0.15) is 23.1 Å². The van der Waals surface area contributed by atoms with E-state index in [4.69, 9.17) is 15.5 Å². The number of carbonyl (C=O) groups is 1. The number of piperidine rings is 1. The molecule has 2 atom stereocenters. The first-order valence-electron chi connectivity index (χ1n) is 12.1. The number of methoxy groups -OCH3 is 1. The molecule has 3 aromatic heterocycles. The maximum atomic E-state index is 14.1. The van der Waals surface area contributed by atoms with Crippen LogP contribution in [0.15, 0.2) is 36.5 Å². The van der Waals surface area contributed by atoms with Crippen molar-refractivity contribution in [1.29, 1.82) is 0 Å². The molecular formula is C26H29FN6O2. The second-order valence-corrected chi connectivity index (χ2v) is 9.84. The Morgan fingerprint density at radius 1 is 1.26 bits per heavy atom. The van der Waals surface area contributed by atoms with Gasteiger partial charge in [-0.2, -0.15) is 0 Å². The molecule has 2 aliphatic rings. The third-order valence-corrected chi connectivity index (χ3v) is 7.14. The number of pyridine rings is 1. The number of rotatable bonds is 5. The van der Waals surface area contributed by atoms with Crippen LogP contribution in [0.1, 0.15) is 29.6 Å². The summed E-state index contributed by atoms with van der Waals surface area (Å²) in [5.74, 6) is 1.73. The summed E-state index contributed by atoms with van der Waals surface area (Å²) in [5, 5.41) is 1.07. The van der Waals surface area contributed by atoms with Crippen LogP contribution in [0.2, 0.25) is 0 Å². The molecule has 8 nitrogen and oxygen atoms in total. The van der Waals surface area contributed by atoms with Crippen molar-refractivity contribution in [1.82, 2.24) is 24.0 Å². The number of imidazole rings is 1. The minimum atomic E-state index is -1.11. The summed E-state index contributed by atoms with van der Waals surface area (Å²) in [7, 11) is 3.54. The van der Waals surface area contributed by atoms with Crippen molar-refractivity contribution in [3.8, 4) is 17.3 Å². The van der Waals surface area contributed by atoms with Gasteiger partial charge in [-0.3, -0.25) is 4.79 Å². The summed E-state index contributed by atoms with van der Waals surface area (Å²) in [4.78, 5) is 24.3. The SMILES string of the molecule is COc1cc(C(=O)N2C[C@@H](N)C[C@H](F)C2)cc2nc(-c3cc4cccnc4n3CC3CC3)n(C)c12. The number of hydrogen-bond donors (Lipinski definition) is 1. The summed E-state index contributed by atoms with van der Waals surface area (Å²) in [6.07, 6.45) is 3.44. The van der Waals surface area contributed by atoms with Crippen LogP contribution in [0.3, 0.4) is 0 Å². The number of amides is 1. The number of aromatic nitrogens is 4. The fraction of sp³-hybridized carbons (Fsp3) is 0.423. The van der Waals surface area contributed by atoms with Crippen LogP contribution < -0.4 is 10.5 Å². The number of benzene rings is 1. The van der Waals surface area contributed by atoms with Crippen molar-refractivity contribution in [3.63, 3.8) is 0 Å². The van der Waals surface area contributed by atoms with E-state index in [0.29, 0.717) is 29.3 Å². The number of carbonyl (C=O) groups excluding carboxylic acids is 1. The highest BCUT2D eigenvalue weighted by molar-refractivity contribution is 6.00. The monoisotopic (exact) mass is 476 g/mol. The van der Waals surface area contributed by atoms with E-state index in [9.17, 15) is 9.18 Å². The molecule has 182 valence electrons. The zero-order valence-corrected chi connectivity index (χ0v) is 19.9. The lowest BCUT2D eigenvalue weighted by Gasteiger charge is -2.33. The third-order valence-electron chi connectivity index (χ3n) is 7.14. The first-order valence-corrected chi connectivity index (χ1v) is 12.1. The van der Waals surface area contributed by atoms with Crippen molar-refractivity contribution in [2.75, 3.05) is 20.2 Å². The zero-order valence-electron chi connectivity index (χ0n) is 19.9. The van der Waals surface area contributed by atoms with Crippen LogP contribution in [0.5, 0.6) is 5.75 Å². The molecule has 6 rings (SSSR count). The molecule has 35 heavy (non-hydrogen) atoms. The molecule has 0 radical (unpaired) electrons. The Morgan fingerprint density at radius 2 is 2.09 bits per heavy atom. The molecule has 0 spiro atoms. The number of likely N-dealkylation sites (tertiary alicyclic amines) is 1. The number of alkyl halides is 1. The van der Waals surface area contributed by atoms with E-state index in [1.165, 1.54) is 17.7 Å². The first-order chi connectivity index (χ1) is 16.9. The topological polar surface area (TPSA) is 91.2 Å². The molecule has 9 heteroatoms. The average Bonchev–Trinajstić information content (AvgIpc) is 3.51. The normalized spacial score (nSPS) is 20.6. The molecule has 1 amide bonds. The maximum Gasteiger partial charge on any atom is 0.254 e. The van der Waals surface area contributed by atoms with Gasteiger partial charge in [0, 0.05) is 43.3 Å². The average molecular weight is 477 g/mol. The molecule has 2 N–H and O–H groups in total. The maximum absolute atomic E-state index is 14.1. The Bertz CT molecular complexity index is 1430. The lowest BCUT2D eigenvalue weighted by molar-refractivity contribution is 0.0606. The Kier molecular flexibility index (Phi) is 5.25. The van der Waals surface area contributed by atoms with Gasteiger partial charge in [0.2, 0.25) is 0 Å². The van der Waals surface area contributed by atoms with E-state index in [1.54, 1.807) is 19.2 Å². The van der Waals surface area contributed by atoms with Crippen molar-refractivity contribution < 1.29 is 13.9 Å². The molecule has 1 aliphatic heterocycles. The van der Waals surface area contributed by atoms with Crippen molar-refractivity contribution in [2.24, 2.45) is 18.7 Å². The summed E-state index contributed by atoms with van der Waals surface area (Å²) in [6, 6.07) is 9.25. The summed E-state index contributed by atoms with van der Waals surface area (Å²) >= 11 is 0. The first kappa shape index (κ1) is 22.0. The van der Waals surface area contributed by atoms with Gasteiger partial charge in [0.25, 0.3) is 5.91 Å². The number of ether oxygens (including phenoxy) is 1. The van der Waals surface area contributed by atoms with Gasteiger partial charge in [0.05, 0.1) is 24.9 Å². The van der Waals surface area contributed by atoms with E-state index in [2.05, 4.69) is 21.7 Å². The lowest BCUT2D eigenvalue weighted by atomic mass is 10.0. The van der Waals surface area contributed by atoms with Gasteiger partial charge in [0.15, 0.2) is 5.82 Å². The van der Waals surface area contributed by atoms with Crippen molar-refractivity contribution >= 4 is 28.0 Å². The molecule has 1 saturated carbocycles. The van der Waals surface area contributed by atoms with Gasteiger partial charge in [-0.25, -0.2) is 14.4 Å². The van der Waals surface area contributed by atoms with Gasteiger partial charge in [-0.1, -0.05) is 0 Å². The summed E-state index contributed by atoms with van der Waals surface area (Å²) in [5.41, 5.74) is 9.78. The fourth-order valence-corrected chi connectivity index (χ4v) is 5.26. The summed E-state index contributed by atoms with van der Waals surface area (Å²) in [6.45, 7) is 1.29. The van der Waals surface area contributed by atoms with E-state index in [-0.39, 0.29) is 24.9 Å². The Labute approximate surface area is 202 Å². The number of nitrogens with two attached hydrogens (primary N) is 1. The Hall–Kier alpha value is -3.46. The van der Waals surface area contributed by atoms with E-state index >= 15 is 0 Å². The molecule has 4 heterocycles. The number of aryl methyl sites for hydroxylation is 1. The van der Waals surface area contributed by atoms with E-state index in [1.807, 2.05) is 23.9 Å². The van der Waals surface area contributed by atoms with Crippen molar-refractivity contribution in [2.45, 2.75) is 38.0 Å². The predicted molar refractivity (Wildman–Crippen MR) is 132 cm³/mol. The Morgan fingerprint density at radius 3 is 2.83 bits per heavy atom. The lowest BCUT2D eigenvalue weighted by Crippen LogP contribution is -2.50. The van der Waals surface area contributed by atoms with Gasteiger partial charge < -0.3 is 24.5 Å². The fourth-order valence-electron chi connectivity index (χ4n) is 5.26. The van der Waals surface area contributed by atoms with Crippen LogP contribution in [0.25, 0.3) is 33.6 Å². The van der Waals surface area contributed by atoms with E-state index in [0.717, 1.165) is 34.6 Å². The second kappa shape index (κ2) is 8.34. The van der Waals surface area contributed by atoms with Crippen LogP contribution in [0.4, 0.5) is 4.39 Å². The molecule has 0 bridgehead atoms.